The Morgan fingerprint density at radius 2 is 1.77 bits per heavy atom. The number of nitrogens with zero attached hydrogens (tertiary/aromatic N) is 1. The van der Waals surface area contributed by atoms with Gasteiger partial charge in [-0.05, 0) is 89.8 Å². The summed E-state index contributed by atoms with van der Waals surface area (Å²) in [5.41, 5.74) is 1.75. The van der Waals surface area contributed by atoms with E-state index < -0.39 is 23.0 Å². The van der Waals surface area contributed by atoms with Crippen LogP contribution in [0.4, 0.5) is 10.5 Å². The standard InChI is InChI=1S/C25H19IN2O6S/c1-2-33-24(31)16-5-3-15(4-6-16)20-12-11-19(34-20)13-21-23(30)28(25(32)35-21)14-22(29)27-18-9-7-17(26)8-10-18/h3-13H,2,14H2,1H3,(H,27,29)/b21-13+. The summed E-state index contributed by atoms with van der Waals surface area (Å²) in [6.45, 7) is 1.65. The van der Waals surface area contributed by atoms with Crippen LogP contribution in [0.15, 0.2) is 70.0 Å². The zero-order valence-corrected chi connectivity index (χ0v) is 21.4. The molecule has 10 heteroatoms. The second-order valence-electron chi connectivity index (χ2n) is 7.32. The quantitative estimate of drug-likeness (QED) is 0.219. The Balaban J connectivity index is 1.42. The van der Waals surface area contributed by atoms with Crippen molar-refractivity contribution in [1.29, 1.82) is 0 Å². The summed E-state index contributed by atoms with van der Waals surface area (Å²) in [7, 11) is 0. The van der Waals surface area contributed by atoms with Crippen LogP contribution < -0.4 is 5.32 Å². The molecular weight excluding hydrogens is 583 g/mol. The van der Waals surface area contributed by atoms with Crippen LogP contribution in [0, 0.1) is 3.57 Å². The normalized spacial score (nSPS) is 14.5. The third-order valence-electron chi connectivity index (χ3n) is 4.88. The fourth-order valence-corrected chi connectivity index (χ4v) is 4.39. The summed E-state index contributed by atoms with van der Waals surface area (Å²) in [5, 5.41) is 2.15. The number of carbonyl (C=O) groups excluding carboxylic acids is 4. The summed E-state index contributed by atoms with van der Waals surface area (Å²) in [6, 6.07) is 17.3. The lowest BCUT2D eigenvalue weighted by Gasteiger charge is -2.12. The SMILES string of the molecule is CCOC(=O)c1ccc(-c2ccc(/C=C3/SC(=O)N(CC(=O)Nc4ccc(I)cc4)C3=O)o2)cc1. The molecular formula is C25H19IN2O6S. The van der Waals surface area contributed by atoms with Crippen molar-refractivity contribution in [2.75, 3.05) is 18.5 Å². The lowest BCUT2D eigenvalue weighted by molar-refractivity contribution is -0.127. The van der Waals surface area contributed by atoms with Crippen molar-refractivity contribution in [1.82, 2.24) is 4.90 Å². The van der Waals surface area contributed by atoms with Gasteiger partial charge in [-0.3, -0.25) is 19.3 Å². The number of amides is 3. The van der Waals surface area contributed by atoms with E-state index in [0.29, 0.717) is 29.4 Å². The highest BCUT2D eigenvalue weighted by molar-refractivity contribution is 14.1. The smallest absolute Gasteiger partial charge is 0.338 e. The van der Waals surface area contributed by atoms with Crippen LogP contribution in [0.2, 0.25) is 0 Å². The lowest BCUT2D eigenvalue weighted by Crippen LogP contribution is -2.36. The number of halogens is 1. The Hall–Kier alpha value is -3.38. The van der Waals surface area contributed by atoms with Crippen LogP contribution in [-0.4, -0.2) is 41.1 Å². The molecule has 4 rings (SSSR count). The maximum Gasteiger partial charge on any atom is 0.338 e. The summed E-state index contributed by atoms with van der Waals surface area (Å²) in [4.78, 5) is 50.3. The molecule has 0 atom stereocenters. The van der Waals surface area contributed by atoms with E-state index in [0.717, 1.165) is 25.8 Å². The minimum Gasteiger partial charge on any atom is -0.462 e. The van der Waals surface area contributed by atoms with E-state index in [1.807, 2.05) is 12.1 Å². The molecule has 1 aliphatic heterocycles. The molecule has 35 heavy (non-hydrogen) atoms. The monoisotopic (exact) mass is 602 g/mol. The number of hydrogen-bond acceptors (Lipinski definition) is 7. The van der Waals surface area contributed by atoms with Gasteiger partial charge in [-0.25, -0.2) is 4.79 Å². The Kier molecular flexibility index (Phi) is 7.71. The zero-order valence-electron chi connectivity index (χ0n) is 18.4. The van der Waals surface area contributed by atoms with Gasteiger partial charge < -0.3 is 14.5 Å². The zero-order chi connectivity index (χ0) is 24.9. The molecule has 1 fully saturated rings. The van der Waals surface area contributed by atoms with Gasteiger partial charge in [0, 0.05) is 20.9 Å². The number of benzene rings is 2. The average Bonchev–Trinajstić information content (AvgIpc) is 3.41. The van der Waals surface area contributed by atoms with Crippen molar-refractivity contribution in [2.24, 2.45) is 0 Å². The topological polar surface area (TPSA) is 106 Å². The van der Waals surface area contributed by atoms with Gasteiger partial charge in [0.1, 0.15) is 18.1 Å². The number of thioether (sulfide) groups is 1. The molecule has 3 amide bonds. The average molecular weight is 602 g/mol. The van der Waals surface area contributed by atoms with E-state index in [-0.39, 0.29) is 11.4 Å². The predicted octanol–water partition coefficient (Wildman–Crippen LogP) is 5.40. The van der Waals surface area contributed by atoms with Crippen molar-refractivity contribution in [3.63, 3.8) is 0 Å². The minimum absolute atomic E-state index is 0.163. The number of nitrogens with one attached hydrogen (secondary N) is 1. The van der Waals surface area contributed by atoms with Gasteiger partial charge in [0.25, 0.3) is 11.1 Å². The van der Waals surface area contributed by atoms with Crippen molar-refractivity contribution >= 4 is 69.1 Å². The fraction of sp³-hybridized carbons (Fsp3) is 0.120. The number of rotatable bonds is 7. The lowest BCUT2D eigenvalue weighted by atomic mass is 10.1. The maximum atomic E-state index is 12.7. The molecule has 8 nitrogen and oxygen atoms in total. The second kappa shape index (κ2) is 10.9. The first-order valence-corrected chi connectivity index (χ1v) is 12.4. The van der Waals surface area contributed by atoms with E-state index in [4.69, 9.17) is 9.15 Å². The number of anilines is 1. The Morgan fingerprint density at radius 3 is 2.46 bits per heavy atom. The van der Waals surface area contributed by atoms with E-state index >= 15 is 0 Å². The first kappa shape index (κ1) is 24.7. The van der Waals surface area contributed by atoms with Gasteiger partial charge in [-0.1, -0.05) is 12.1 Å². The third kappa shape index (κ3) is 6.01. The van der Waals surface area contributed by atoms with E-state index in [1.54, 1.807) is 55.5 Å². The number of imide groups is 1. The molecule has 0 radical (unpaired) electrons. The molecule has 2 aromatic carbocycles. The van der Waals surface area contributed by atoms with Crippen molar-refractivity contribution in [2.45, 2.75) is 6.92 Å². The number of hydrogen-bond donors (Lipinski definition) is 1. The maximum absolute atomic E-state index is 12.7. The molecule has 0 unspecified atom stereocenters. The molecule has 3 aromatic rings. The largest absolute Gasteiger partial charge is 0.462 e. The molecule has 0 bridgehead atoms. The van der Waals surface area contributed by atoms with Crippen molar-refractivity contribution < 1.29 is 28.3 Å². The van der Waals surface area contributed by atoms with Crippen molar-refractivity contribution in [3.8, 4) is 11.3 Å². The van der Waals surface area contributed by atoms with Crippen molar-refractivity contribution in [3.05, 3.63) is 80.5 Å². The summed E-state index contributed by atoms with van der Waals surface area (Å²) in [5.74, 6) is -0.524. The third-order valence-corrected chi connectivity index (χ3v) is 6.51. The molecule has 0 saturated carbocycles. The summed E-state index contributed by atoms with van der Waals surface area (Å²) < 4.78 is 11.8. The number of furan rings is 1. The number of carbonyl (C=O) groups is 4. The predicted molar refractivity (Wildman–Crippen MR) is 141 cm³/mol. The highest BCUT2D eigenvalue weighted by atomic mass is 127. The Morgan fingerprint density at radius 1 is 1.06 bits per heavy atom. The highest BCUT2D eigenvalue weighted by Gasteiger charge is 2.36. The number of ether oxygens (including phenoxy) is 1. The molecule has 0 spiro atoms. The molecule has 1 saturated heterocycles. The molecule has 178 valence electrons. The van der Waals surface area contributed by atoms with Gasteiger partial charge in [-0.2, -0.15) is 0 Å². The van der Waals surface area contributed by atoms with Crippen LogP contribution >= 0.6 is 34.4 Å². The van der Waals surface area contributed by atoms with Crippen LogP contribution in [0.5, 0.6) is 0 Å². The van der Waals surface area contributed by atoms with Gasteiger partial charge in [0.2, 0.25) is 5.91 Å². The van der Waals surface area contributed by atoms with Crippen LogP contribution in [0.25, 0.3) is 17.4 Å². The summed E-state index contributed by atoms with van der Waals surface area (Å²) in [6.07, 6.45) is 1.47. The molecule has 1 aromatic heterocycles. The molecule has 1 N–H and O–H groups in total. The minimum atomic E-state index is -0.561. The van der Waals surface area contributed by atoms with Crippen LogP contribution in [0.1, 0.15) is 23.0 Å². The fourth-order valence-electron chi connectivity index (χ4n) is 3.21. The molecule has 2 heterocycles. The molecule has 0 aliphatic carbocycles. The first-order valence-electron chi connectivity index (χ1n) is 10.5. The van der Waals surface area contributed by atoms with Crippen LogP contribution in [0.3, 0.4) is 0 Å². The summed E-state index contributed by atoms with van der Waals surface area (Å²) >= 11 is 2.90. The van der Waals surface area contributed by atoms with Gasteiger partial charge in [0.05, 0.1) is 17.1 Å². The Labute approximate surface area is 218 Å². The second-order valence-corrected chi connectivity index (χ2v) is 9.56. The van der Waals surface area contributed by atoms with E-state index in [9.17, 15) is 19.2 Å². The van der Waals surface area contributed by atoms with Crippen LogP contribution in [-0.2, 0) is 14.3 Å². The van der Waals surface area contributed by atoms with Gasteiger partial charge in [0.15, 0.2) is 0 Å². The van der Waals surface area contributed by atoms with E-state index in [1.165, 1.54) is 6.08 Å². The van der Waals surface area contributed by atoms with E-state index in [2.05, 4.69) is 27.9 Å². The number of esters is 1. The van der Waals surface area contributed by atoms with Gasteiger partial charge in [-0.15, -0.1) is 0 Å². The first-order chi connectivity index (χ1) is 16.8. The molecule has 1 aliphatic rings. The van der Waals surface area contributed by atoms with Gasteiger partial charge >= 0.3 is 5.97 Å². The Bertz CT molecular complexity index is 1310. The highest BCUT2D eigenvalue weighted by Crippen LogP contribution is 2.33.